The molecule has 2 aromatic carbocycles. The molecule has 0 spiro atoms. The molecule has 0 unspecified atom stereocenters. The Balaban J connectivity index is 1.46. The molecule has 0 saturated carbocycles. The van der Waals surface area contributed by atoms with Crippen LogP contribution in [0.4, 0.5) is 4.39 Å². The van der Waals surface area contributed by atoms with Crippen molar-refractivity contribution in [2.75, 3.05) is 32.8 Å². The van der Waals surface area contributed by atoms with Gasteiger partial charge in [0.2, 0.25) is 5.91 Å². The van der Waals surface area contributed by atoms with E-state index in [4.69, 9.17) is 9.15 Å². The van der Waals surface area contributed by atoms with Gasteiger partial charge in [0, 0.05) is 30.6 Å². The Labute approximate surface area is 175 Å². The Kier molecular flexibility index (Phi) is 6.16. The molecule has 1 saturated heterocycles. The fourth-order valence-corrected chi connectivity index (χ4v) is 3.95. The predicted molar refractivity (Wildman–Crippen MR) is 114 cm³/mol. The minimum atomic E-state index is -0.263. The maximum Gasteiger partial charge on any atom is 0.224 e. The highest BCUT2D eigenvalue weighted by Gasteiger charge is 2.23. The lowest BCUT2D eigenvalue weighted by atomic mass is 10.0. The topological polar surface area (TPSA) is 54.7 Å². The van der Waals surface area contributed by atoms with Crippen LogP contribution in [0.5, 0.6) is 0 Å². The van der Waals surface area contributed by atoms with Gasteiger partial charge in [-0.15, -0.1) is 0 Å². The maximum atomic E-state index is 13.4. The lowest BCUT2D eigenvalue weighted by molar-refractivity contribution is -0.120. The van der Waals surface area contributed by atoms with Gasteiger partial charge in [-0.05, 0) is 54.8 Å². The molecular weight excluding hydrogens is 383 g/mol. The lowest BCUT2D eigenvalue weighted by Crippen LogP contribution is -2.44. The van der Waals surface area contributed by atoms with E-state index in [-0.39, 0.29) is 24.2 Å². The summed E-state index contributed by atoms with van der Waals surface area (Å²) in [6.45, 7) is 7.44. The summed E-state index contributed by atoms with van der Waals surface area (Å²) in [6, 6.07) is 10.6. The van der Waals surface area contributed by atoms with Crippen LogP contribution in [0, 0.1) is 19.7 Å². The molecule has 1 aromatic heterocycles. The molecule has 0 bridgehead atoms. The molecule has 158 valence electrons. The summed E-state index contributed by atoms with van der Waals surface area (Å²) in [5.74, 6) is -0.322. The highest BCUT2D eigenvalue weighted by Crippen LogP contribution is 2.25. The molecule has 4 rings (SSSR count). The molecule has 1 aliphatic rings. The van der Waals surface area contributed by atoms with Crippen LogP contribution in [-0.2, 0) is 16.0 Å². The van der Waals surface area contributed by atoms with Crippen molar-refractivity contribution in [3.63, 3.8) is 0 Å². The van der Waals surface area contributed by atoms with Crippen molar-refractivity contribution in [2.24, 2.45) is 0 Å². The van der Waals surface area contributed by atoms with Gasteiger partial charge in [-0.1, -0.05) is 12.1 Å². The normalized spacial score (nSPS) is 16.0. The second-order valence-corrected chi connectivity index (χ2v) is 7.89. The molecule has 0 radical (unpaired) electrons. The third-order valence-electron chi connectivity index (χ3n) is 5.85. The number of nitrogens with one attached hydrogen (secondary N) is 1. The molecule has 1 aliphatic heterocycles. The second kappa shape index (κ2) is 8.98. The van der Waals surface area contributed by atoms with Crippen molar-refractivity contribution >= 4 is 16.9 Å². The molecule has 1 atom stereocenters. The fraction of sp³-hybridized carbons (Fsp3) is 0.375. The molecular formula is C24H27FN2O3. The number of hydrogen-bond acceptors (Lipinski definition) is 4. The molecule has 3 aromatic rings. The summed E-state index contributed by atoms with van der Waals surface area (Å²) in [5.41, 5.74) is 5.02. The Bertz CT molecular complexity index is 1020. The van der Waals surface area contributed by atoms with E-state index >= 15 is 0 Å². The minimum Gasteiger partial charge on any atom is -0.464 e. The molecule has 30 heavy (non-hydrogen) atoms. The first-order chi connectivity index (χ1) is 14.5. The van der Waals surface area contributed by atoms with Crippen LogP contribution in [0.3, 0.4) is 0 Å². The van der Waals surface area contributed by atoms with E-state index in [2.05, 4.69) is 23.2 Å². The van der Waals surface area contributed by atoms with E-state index in [0.29, 0.717) is 19.8 Å². The van der Waals surface area contributed by atoms with Gasteiger partial charge in [-0.3, -0.25) is 9.69 Å². The number of hydrogen-bond donors (Lipinski definition) is 1. The van der Waals surface area contributed by atoms with Crippen LogP contribution in [-0.4, -0.2) is 43.7 Å². The maximum absolute atomic E-state index is 13.4. The van der Waals surface area contributed by atoms with Crippen LogP contribution >= 0.6 is 0 Å². The van der Waals surface area contributed by atoms with Crippen molar-refractivity contribution < 1.29 is 18.3 Å². The van der Waals surface area contributed by atoms with Gasteiger partial charge in [0.05, 0.1) is 31.9 Å². The van der Waals surface area contributed by atoms with Gasteiger partial charge in [-0.2, -0.15) is 0 Å². The minimum absolute atomic E-state index is 0.0237. The Morgan fingerprint density at radius 2 is 1.83 bits per heavy atom. The highest BCUT2D eigenvalue weighted by atomic mass is 19.1. The van der Waals surface area contributed by atoms with Gasteiger partial charge in [-0.25, -0.2) is 4.39 Å². The largest absolute Gasteiger partial charge is 0.464 e. The number of carbonyl (C=O) groups excluding carboxylic acids is 1. The standard InChI is InChI=1S/C24H27FN2O3/c1-16-11-21-19(15-30-23(21)12-17(16)2)13-24(28)26-14-22(27-7-9-29-10-8-27)18-3-5-20(25)6-4-18/h3-6,11-12,15,22H,7-10,13-14H2,1-2H3,(H,26,28)/t22-/m0/s1. The number of benzene rings is 2. The third kappa shape index (κ3) is 4.55. The van der Waals surface area contributed by atoms with Crippen molar-refractivity contribution in [3.8, 4) is 0 Å². The number of fused-ring (bicyclic) bond motifs is 1. The van der Waals surface area contributed by atoms with E-state index in [1.165, 1.54) is 23.3 Å². The molecule has 1 N–H and O–H groups in total. The summed E-state index contributed by atoms with van der Waals surface area (Å²) in [4.78, 5) is 15.0. The number of nitrogens with zero attached hydrogens (tertiary/aromatic N) is 1. The SMILES string of the molecule is Cc1cc2occ(CC(=O)NC[C@@H](c3ccc(F)cc3)N3CCOCC3)c2cc1C. The first-order valence-corrected chi connectivity index (χ1v) is 10.3. The number of furan rings is 1. The number of amides is 1. The van der Waals surface area contributed by atoms with Gasteiger partial charge in [0.25, 0.3) is 0 Å². The van der Waals surface area contributed by atoms with Gasteiger partial charge < -0.3 is 14.5 Å². The van der Waals surface area contributed by atoms with Crippen LogP contribution in [0.25, 0.3) is 11.0 Å². The van der Waals surface area contributed by atoms with Crippen molar-refractivity contribution in [1.29, 1.82) is 0 Å². The monoisotopic (exact) mass is 410 g/mol. The first kappa shape index (κ1) is 20.6. The van der Waals surface area contributed by atoms with Crippen LogP contribution in [0.1, 0.15) is 28.3 Å². The summed E-state index contributed by atoms with van der Waals surface area (Å²) < 4.78 is 24.5. The number of carbonyl (C=O) groups is 1. The van der Waals surface area contributed by atoms with Crippen molar-refractivity contribution in [2.45, 2.75) is 26.3 Å². The molecule has 1 amide bonds. The van der Waals surface area contributed by atoms with Crippen LogP contribution in [0.15, 0.2) is 47.1 Å². The fourth-order valence-electron chi connectivity index (χ4n) is 3.95. The van der Waals surface area contributed by atoms with Crippen molar-refractivity contribution in [1.82, 2.24) is 10.2 Å². The molecule has 0 aliphatic carbocycles. The molecule has 5 nitrogen and oxygen atoms in total. The van der Waals surface area contributed by atoms with Gasteiger partial charge in [0.15, 0.2) is 0 Å². The number of halogens is 1. The molecule has 6 heteroatoms. The van der Waals surface area contributed by atoms with E-state index in [9.17, 15) is 9.18 Å². The zero-order valence-electron chi connectivity index (χ0n) is 17.4. The van der Waals surface area contributed by atoms with Gasteiger partial charge in [0.1, 0.15) is 11.4 Å². The second-order valence-electron chi connectivity index (χ2n) is 7.89. The summed E-state index contributed by atoms with van der Waals surface area (Å²) in [6.07, 6.45) is 1.93. The Hall–Kier alpha value is -2.70. The summed E-state index contributed by atoms with van der Waals surface area (Å²) in [5, 5.41) is 4.05. The summed E-state index contributed by atoms with van der Waals surface area (Å²) >= 11 is 0. The number of rotatable bonds is 6. The van der Waals surface area contributed by atoms with E-state index in [0.717, 1.165) is 35.2 Å². The number of morpholine rings is 1. The predicted octanol–water partition coefficient (Wildman–Crippen LogP) is 3.92. The zero-order valence-corrected chi connectivity index (χ0v) is 17.4. The smallest absolute Gasteiger partial charge is 0.224 e. The number of ether oxygens (including phenoxy) is 1. The number of aryl methyl sites for hydroxylation is 2. The van der Waals surface area contributed by atoms with E-state index < -0.39 is 0 Å². The van der Waals surface area contributed by atoms with Crippen molar-refractivity contribution in [3.05, 3.63) is 70.7 Å². The Morgan fingerprint density at radius 3 is 2.57 bits per heavy atom. The first-order valence-electron chi connectivity index (χ1n) is 10.3. The lowest BCUT2D eigenvalue weighted by Gasteiger charge is -2.35. The summed E-state index contributed by atoms with van der Waals surface area (Å²) in [7, 11) is 0. The average molecular weight is 410 g/mol. The third-order valence-corrected chi connectivity index (χ3v) is 5.85. The van der Waals surface area contributed by atoms with E-state index in [1.54, 1.807) is 18.4 Å². The quantitative estimate of drug-likeness (QED) is 0.669. The van der Waals surface area contributed by atoms with Crippen LogP contribution in [0.2, 0.25) is 0 Å². The Morgan fingerprint density at radius 1 is 1.13 bits per heavy atom. The van der Waals surface area contributed by atoms with E-state index in [1.807, 2.05) is 13.0 Å². The van der Waals surface area contributed by atoms with Gasteiger partial charge >= 0.3 is 0 Å². The molecule has 1 fully saturated rings. The average Bonchev–Trinajstić information content (AvgIpc) is 3.12. The van der Waals surface area contributed by atoms with Crippen LogP contribution < -0.4 is 5.32 Å². The zero-order chi connectivity index (χ0) is 21.1. The molecule has 2 heterocycles. The highest BCUT2D eigenvalue weighted by molar-refractivity contribution is 5.88.